The largest absolute Gasteiger partial charge is 0.393 e. The highest BCUT2D eigenvalue weighted by Crippen LogP contribution is 2.74. The second-order valence-electron chi connectivity index (χ2n) is 14.7. The zero-order valence-corrected chi connectivity index (χ0v) is 21.9. The summed E-state index contributed by atoms with van der Waals surface area (Å²) in [5.74, 6) is 3.99. The van der Waals surface area contributed by atoms with Gasteiger partial charge in [-0.1, -0.05) is 67.0 Å². The Kier molecular flexibility index (Phi) is 4.82. The van der Waals surface area contributed by atoms with Crippen molar-refractivity contribution >= 4 is 0 Å². The molecule has 5 aliphatic rings. The molecule has 4 fully saturated rings. The van der Waals surface area contributed by atoms with E-state index in [1.54, 1.807) is 0 Å². The summed E-state index contributed by atoms with van der Waals surface area (Å²) in [5, 5.41) is 10.9. The number of hydrogen-bond donors (Lipinski definition) is 1. The van der Waals surface area contributed by atoms with Gasteiger partial charge in [0, 0.05) is 0 Å². The van der Waals surface area contributed by atoms with Crippen molar-refractivity contribution in [2.75, 3.05) is 0 Å². The molecule has 0 bridgehead atoms. The van der Waals surface area contributed by atoms with Gasteiger partial charge in [-0.05, 0) is 114 Å². The second kappa shape index (κ2) is 6.64. The molecule has 176 valence electrons. The Morgan fingerprint density at radius 2 is 1.42 bits per heavy atom. The van der Waals surface area contributed by atoms with E-state index in [1.165, 1.54) is 51.4 Å². The van der Waals surface area contributed by atoms with Crippen molar-refractivity contribution in [2.45, 2.75) is 119 Å². The molecule has 10 atom stereocenters. The van der Waals surface area contributed by atoms with Crippen LogP contribution in [0.25, 0.3) is 0 Å². The highest BCUT2D eigenvalue weighted by Gasteiger charge is 2.67. The number of aliphatic hydroxyl groups is 1. The van der Waals surface area contributed by atoms with Gasteiger partial charge in [-0.3, -0.25) is 0 Å². The standard InChI is InChI=1S/C30H50O/c1-19-9-14-27(5)15-10-23-29(7)16-11-21-26(3,4)24(31)13-18-28(21,6)22(29)12-17-30(23,8)25(27)20(19)2/h10,19-22,24-25,31H,9,11-18H2,1-8H3/t19-,20+,21+,22-,24+,25-,27-,28+,29-,30-/m1/s1. The fraction of sp³-hybridized carbons (Fsp3) is 0.933. The topological polar surface area (TPSA) is 20.2 Å². The molecule has 0 amide bonds. The van der Waals surface area contributed by atoms with Gasteiger partial charge in [-0.25, -0.2) is 0 Å². The first kappa shape index (κ1) is 22.5. The Morgan fingerprint density at radius 1 is 0.774 bits per heavy atom. The Labute approximate surface area is 192 Å². The molecule has 0 aromatic heterocycles. The van der Waals surface area contributed by atoms with Gasteiger partial charge in [0.2, 0.25) is 0 Å². The third-order valence-corrected chi connectivity index (χ3v) is 13.0. The number of hydrogen-bond acceptors (Lipinski definition) is 1. The normalized spacial score (nSPS) is 58.3. The molecule has 0 radical (unpaired) electrons. The van der Waals surface area contributed by atoms with E-state index >= 15 is 0 Å². The maximum absolute atomic E-state index is 10.9. The average molecular weight is 427 g/mol. The van der Waals surface area contributed by atoms with Crippen molar-refractivity contribution in [3.8, 4) is 0 Å². The average Bonchev–Trinajstić information content (AvgIpc) is 2.67. The third-order valence-electron chi connectivity index (χ3n) is 13.0. The molecule has 5 rings (SSSR count). The van der Waals surface area contributed by atoms with Crippen molar-refractivity contribution < 1.29 is 5.11 Å². The molecule has 1 heteroatoms. The lowest BCUT2D eigenvalue weighted by atomic mass is 9.34. The van der Waals surface area contributed by atoms with Crippen LogP contribution in [-0.2, 0) is 0 Å². The summed E-state index contributed by atoms with van der Waals surface area (Å²) in [7, 11) is 0. The van der Waals surface area contributed by atoms with Crippen molar-refractivity contribution in [1.82, 2.24) is 0 Å². The molecular formula is C30H50O. The first-order valence-electron chi connectivity index (χ1n) is 13.7. The van der Waals surface area contributed by atoms with Gasteiger partial charge in [0.05, 0.1) is 6.10 Å². The van der Waals surface area contributed by atoms with E-state index in [9.17, 15) is 5.11 Å². The number of fused-ring (bicyclic) bond motifs is 7. The van der Waals surface area contributed by atoms with Gasteiger partial charge in [0.15, 0.2) is 0 Å². The van der Waals surface area contributed by atoms with Crippen molar-refractivity contribution in [2.24, 2.45) is 56.7 Å². The summed E-state index contributed by atoms with van der Waals surface area (Å²) in [4.78, 5) is 0. The molecule has 0 aromatic carbocycles. The Bertz CT molecular complexity index is 779. The summed E-state index contributed by atoms with van der Waals surface area (Å²) >= 11 is 0. The molecule has 0 spiro atoms. The van der Waals surface area contributed by atoms with E-state index in [-0.39, 0.29) is 11.5 Å². The van der Waals surface area contributed by atoms with Crippen molar-refractivity contribution in [3.05, 3.63) is 11.6 Å². The monoisotopic (exact) mass is 426 g/mol. The summed E-state index contributed by atoms with van der Waals surface area (Å²) < 4.78 is 0. The van der Waals surface area contributed by atoms with Crippen LogP contribution in [0, 0.1) is 56.7 Å². The van der Waals surface area contributed by atoms with Crippen molar-refractivity contribution in [1.29, 1.82) is 0 Å². The molecule has 0 saturated heterocycles. The van der Waals surface area contributed by atoms with Gasteiger partial charge in [-0.2, -0.15) is 0 Å². The van der Waals surface area contributed by atoms with Gasteiger partial charge < -0.3 is 5.11 Å². The van der Waals surface area contributed by atoms with Crippen LogP contribution in [0.15, 0.2) is 11.6 Å². The Hall–Kier alpha value is -0.300. The van der Waals surface area contributed by atoms with Crippen LogP contribution < -0.4 is 0 Å². The highest BCUT2D eigenvalue weighted by molar-refractivity contribution is 5.34. The Balaban J connectivity index is 1.57. The van der Waals surface area contributed by atoms with Crippen molar-refractivity contribution in [3.63, 3.8) is 0 Å². The van der Waals surface area contributed by atoms with E-state index in [2.05, 4.69) is 61.5 Å². The maximum atomic E-state index is 10.9. The van der Waals surface area contributed by atoms with E-state index < -0.39 is 0 Å². The molecule has 0 aromatic rings. The fourth-order valence-electron chi connectivity index (χ4n) is 11.4. The lowest BCUT2D eigenvalue weighted by Gasteiger charge is -2.70. The predicted molar refractivity (Wildman–Crippen MR) is 131 cm³/mol. The number of allylic oxidation sites excluding steroid dienone is 2. The molecule has 5 aliphatic carbocycles. The van der Waals surface area contributed by atoms with Crippen LogP contribution in [0.3, 0.4) is 0 Å². The number of aliphatic hydroxyl groups excluding tert-OH is 1. The lowest BCUT2D eigenvalue weighted by Crippen LogP contribution is -2.63. The van der Waals surface area contributed by atoms with E-state index in [4.69, 9.17) is 0 Å². The second-order valence-corrected chi connectivity index (χ2v) is 14.7. The lowest BCUT2D eigenvalue weighted by molar-refractivity contribution is -0.185. The van der Waals surface area contributed by atoms with E-state index in [1.807, 2.05) is 5.57 Å². The first-order chi connectivity index (χ1) is 14.3. The molecule has 1 nitrogen and oxygen atoms in total. The molecule has 1 N–H and O–H groups in total. The van der Waals surface area contributed by atoms with Crippen LogP contribution in [0.4, 0.5) is 0 Å². The zero-order chi connectivity index (χ0) is 22.6. The minimum atomic E-state index is -0.122. The van der Waals surface area contributed by atoms with Gasteiger partial charge in [0.25, 0.3) is 0 Å². The summed E-state index contributed by atoms with van der Waals surface area (Å²) in [5.41, 5.74) is 3.57. The molecule has 31 heavy (non-hydrogen) atoms. The summed E-state index contributed by atoms with van der Waals surface area (Å²) in [6.07, 6.45) is 14.5. The van der Waals surface area contributed by atoms with Gasteiger partial charge >= 0.3 is 0 Å². The first-order valence-corrected chi connectivity index (χ1v) is 13.7. The molecule has 0 unspecified atom stereocenters. The van der Waals surface area contributed by atoms with Crippen LogP contribution in [-0.4, -0.2) is 11.2 Å². The smallest absolute Gasteiger partial charge is 0.0594 e. The van der Waals surface area contributed by atoms with Crippen LogP contribution in [0.2, 0.25) is 0 Å². The van der Waals surface area contributed by atoms with E-state index in [0.29, 0.717) is 27.6 Å². The fourth-order valence-corrected chi connectivity index (χ4v) is 11.4. The molecule has 4 saturated carbocycles. The van der Waals surface area contributed by atoms with Crippen LogP contribution in [0.5, 0.6) is 0 Å². The minimum Gasteiger partial charge on any atom is -0.393 e. The van der Waals surface area contributed by atoms with E-state index in [0.717, 1.165) is 30.1 Å². The highest BCUT2D eigenvalue weighted by atomic mass is 16.3. The zero-order valence-electron chi connectivity index (χ0n) is 21.9. The molecular weight excluding hydrogens is 376 g/mol. The van der Waals surface area contributed by atoms with Crippen LogP contribution in [0.1, 0.15) is 113 Å². The summed E-state index contributed by atoms with van der Waals surface area (Å²) in [6, 6.07) is 0. The quantitative estimate of drug-likeness (QED) is 0.389. The molecule has 0 heterocycles. The number of rotatable bonds is 0. The Morgan fingerprint density at radius 3 is 2.13 bits per heavy atom. The molecule has 0 aliphatic heterocycles. The van der Waals surface area contributed by atoms with Crippen LogP contribution >= 0.6 is 0 Å². The minimum absolute atomic E-state index is 0.0575. The summed E-state index contributed by atoms with van der Waals surface area (Å²) in [6.45, 7) is 20.5. The maximum Gasteiger partial charge on any atom is 0.0594 e. The SMILES string of the molecule is C[C@H]1[C@H](C)CC[C@]2(C)CC=C3[C@]4(C)CC[C@H]5C(C)(C)[C@@H](O)CC[C@]5(C)[C@H]4CC[C@@]3(C)[C@H]12. The third kappa shape index (κ3) is 2.71. The van der Waals surface area contributed by atoms with Gasteiger partial charge in [-0.15, -0.1) is 0 Å². The van der Waals surface area contributed by atoms with Gasteiger partial charge in [0.1, 0.15) is 0 Å². The predicted octanol–water partition coefficient (Wildman–Crippen LogP) is 8.02.